The predicted molar refractivity (Wildman–Crippen MR) is 89.0 cm³/mol. The lowest BCUT2D eigenvalue weighted by Crippen LogP contribution is -2.19. The van der Waals surface area contributed by atoms with Gasteiger partial charge in [-0.2, -0.15) is 0 Å². The molecular formula is C18H31NO2. The molecule has 0 amide bonds. The van der Waals surface area contributed by atoms with Crippen molar-refractivity contribution in [1.82, 2.24) is 5.32 Å². The smallest absolute Gasteiger partial charge is 0.119 e. The van der Waals surface area contributed by atoms with Crippen molar-refractivity contribution in [2.45, 2.75) is 52.5 Å². The van der Waals surface area contributed by atoms with Crippen LogP contribution in [-0.4, -0.2) is 26.4 Å². The molecule has 0 aliphatic carbocycles. The molecule has 0 saturated heterocycles. The van der Waals surface area contributed by atoms with Crippen molar-refractivity contribution < 1.29 is 9.47 Å². The molecular weight excluding hydrogens is 262 g/mol. The Bertz CT molecular complexity index is 351. The van der Waals surface area contributed by atoms with E-state index in [0.29, 0.717) is 19.3 Å². The second kappa shape index (κ2) is 11.6. The minimum absolute atomic E-state index is 0.393. The summed E-state index contributed by atoms with van der Waals surface area (Å²) in [6.45, 7) is 9.54. The first kappa shape index (κ1) is 18.0. The normalized spacial score (nSPS) is 12.3. The molecule has 3 heteroatoms. The molecule has 1 aromatic rings. The number of ether oxygens (including phenoxy) is 2. The Hall–Kier alpha value is -1.06. The molecule has 120 valence electrons. The third kappa shape index (κ3) is 8.08. The molecule has 1 aromatic carbocycles. The summed E-state index contributed by atoms with van der Waals surface area (Å²) in [5.74, 6) is 0.911. The van der Waals surface area contributed by atoms with Crippen LogP contribution in [0.25, 0.3) is 0 Å². The second-order valence-corrected chi connectivity index (χ2v) is 5.35. The van der Waals surface area contributed by atoms with Crippen molar-refractivity contribution in [3.63, 3.8) is 0 Å². The molecule has 1 atom stereocenters. The number of hydrogen-bond acceptors (Lipinski definition) is 3. The second-order valence-electron chi connectivity index (χ2n) is 5.35. The third-order valence-corrected chi connectivity index (χ3v) is 3.56. The summed E-state index contributed by atoms with van der Waals surface area (Å²) in [6.07, 6.45) is 5.21. The molecule has 3 nitrogen and oxygen atoms in total. The van der Waals surface area contributed by atoms with Gasteiger partial charge in [0.05, 0.1) is 6.61 Å². The lowest BCUT2D eigenvalue weighted by molar-refractivity contribution is 0.110. The van der Waals surface area contributed by atoms with Crippen LogP contribution < -0.4 is 10.1 Å². The first-order chi connectivity index (χ1) is 10.3. The van der Waals surface area contributed by atoms with Crippen LogP contribution in [-0.2, 0) is 4.74 Å². The van der Waals surface area contributed by atoms with Gasteiger partial charge in [0.15, 0.2) is 0 Å². The van der Waals surface area contributed by atoms with Gasteiger partial charge in [-0.1, -0.05) is 38.3 Å². The van der Waals surface area contributed by atoms with Gasteiger partial charge in [-0.25, -0.2) is 0 Å². The number of nitrogens with one attached hydrogen (secondary N) is 1. The standard InChI is InChI=1S/C18H31NO2/c1-4-6-7-8-13-19-16(3)17-9-11-18(12-10-17)21-15-14-20-5-2/h9-12,16,19H,4-8,13-15H2,1-3H3. The topological polar surface area (TPSA) is 30.5 Å². The molecule has 1 N–H and O–H groups in total. The molecule has 0 radical (unpaired) electrons. The molecule has 0 aliphatic heterocycles. The maximum Gasteiger partial charge on any atom is 0.119 e. The van der Waals surface area contributed by atoms with E-state index in [0.717, 1.165) is 18.9 Å². The van der Waals surface area contributed by atoms with E-state index in [4.69, 9.17) is 9.47 Å². The highest BCUT2D eigenvalue weighted by atomic mass is 16.5. The van der Waals surface area contributed by atoms with Crippen LogP contribution in [0.15, 0.2) is 24.3 Å². The van der Waals surface area contributed by atoms with Gasteiger partial charge in [-0.15, -0.1) is 0 Å². The quantitative estimate of drug-likeness (QED) is 0.582. The molecule has 0 aliphatic rings. The summed E-state index contributed by atoms with van der Waals surface area (Å²) < 4.78 is 10.9. The number of rotatable bonds is 12. The summed E-state index contributed by atoms with van der Waals surface area (Å²) in [5, 5.41) is 3.58. The van der Waals surface area contributed by atoms with Crippen molar-refractivity contribution in [3.8, 4) is 5.75 Å². The van der Waals surface area contributed by atoms with Gasteiger partial charge in [-0.05, 0) is 44.5 Å². The van der Waals surface area contributed by atoms with Crippen LogP contribution in [0.2, 0.25) is 0 Å². The average Bonchev–Trinajstić information content (AvgIpc) is 2.52. The highest BCUT2D eigenvalue weighted by molar-refractivity contribution is 5.28. The summed E-state index contributed by atoms with van der Waals surface area (Å²) in [4.78, 5) is 0. The highest BCUT2D eigenvalue weighted by Crippen LogP contribution is 2.17. The molecule has 0 fully saturated rings. The monoisotopic (exact) mass is 293 g/mol. The minimum Gasteiger partial charge on any atom is -0.491 e. The summed E-state index contributed by atoms with van der Waals surface area (Å²) in [7, 11) is 0. The first-order valence-electron chi connectivity index (χ1n) is 8.31. The van der Waals surface area contributed by atoms with Gasteiger partial charge in [0, 0.05) is 12.6 Å². The first-order valence-corrected chi connectivity index (χ1v) is 8.31. The molecule has 0 heterocycles. The molecule has 1 unspecified atom stereocenters. The minimum atomic E-state index is 0.393. The van der Waals surface area contributed by atoms with E-state index in [-0.39, 0.29) is 0 Å². The zero-order valence-electron chi connectivity index (χ0n) is 13.9. The van der Waals surface area contributed by atoms with E-state index in [9.17, 15) is 0 Å². The zero-order valence-corrected chi connectivity index (χ0v) is 13.9. The number of unbranched alkanes of at least 4 members (excludes halogenated alkanes) is 3. The van der Waals surface area contributed by atoms with Crippen LogP contribution in [0, 0.1) is 0 Å². The van der Waals surface area contributed by atoms with Crippen LogP contribution >= 0.6 is 0 Å². The van der Waals surface area contributed by atoms with Gasteiger partial charge in [0.25, 0.3) is 0 Å². The Morgan fingerprint density at radius 2 is 1.76 bits per heavy atom. The van der Waals surface area contributed by atoms with Crippen molar-refractivity contribution in [2.75, 3.05) is 26.4 Å². The van der Waals surface area contributed by atoms with Crippen LogP contribution in [0.5, 0.6) is 5.75 Å². The fourth-order valence-electron chi connectivity index (χ4n) is 2.20. The van der Waals surface area contributed by atoms with Gasteiger partial charge in [-0.3, -0.25) is 0 Å². The molecule has 0 aromatic heterocycles. The molecule has 1 rings (SSSR count). The fourth-order valence-corrected chi connectivity index (χ4v) is 2.20. The molecule has 0 saturated carbocycles. The van der Waals surface area contributed by atoms with Gasteiger partial charge in [0.2, 0.25) is 0 Å². The van der Waals surface area contributed by atoms with Crippen molar-refractivity contribution in [2.24, 2.45) is 0 Å². The van der Waals surface area contributed by atoms with Gasteiger partial charge < -0.3 is 14.8 Å². The SMILES string of the molecule is CCCCCCNC(C)c1ccc(OCCOCC)cc1. The zero-order chi connectivity index (χ0) is 15.3. The maximum absolute atomic E-state index is 5.62. The summed E-state index contributed by atoms with van der Waals surface area (Å²) in [5.41, 5.74) is 1.31. The third-order valence-electron chi connectivity index (χ3n) is 3.56. The van der Waals surface area contributed by atoms with Crippen molar-refractivity contribution >= 4 is 0 Å². The summed E-state index contributed by atoms with van der Waals surface area (Å²) >= 11 is 0. The van der Waals surface area contributed by atoms with E-state index >= 15 is 0 Å². The summed E-state index contributed by atoms with van der Waals surface area (Å²) in [6, 6.07) is 8.75. The van der Waals surface area contributed by atoms with Crippen LogP contribution in [0.4, 0.5) is 0 Å². The fraction of sp³-hybridized carbons (Fsp3) is 0.667. The van der Waals surface area contributed by atoms with E-state index in [2.05, 4.69) is 31.3 Å². The average molecular weight is 293 g/mol. The van der Waals surface area contributed by atoms with E-state index in [1.165, 1.54) is 31.2 Å². The van der Waals surface area contributed by atoms with Gasteiger partial charge in [0.1, 0.15) is 12.4 Å². The van der Waals surface area contributed by atoms with Crippen LogP contribution in [0.3, 0.4) is 0 Å². The van der Waals surface area contributed by atoms with E-state index < -0.39 is 0 Å². The lowest BCUT2D eigenvalue weighted by atomic mass is 10.1. The number of benzene rings is 1. The van der Waals surface area contributed by atoms with Crippen LogP contribution in [0.1, 0.15) is 58.1 Å². The Labute approximate surface area is 130 Å². The largest absolute Gasteiger partial charge is 0.491 e. The molecule has 21 heavy (non-hydrogen) atoms. The lowest BCUT2D eigenvalue weighted by Gasteiger charge is -2.15. The van der Waals surface area contributed by atoms with E-state index in [1.54, 1.807) is 0 Å². The highest BCUT2D eigenvalue weighted by Gasteiger charge is 2.04. The number of hydrogen-bond donors (Lipinski definition) is 1. The Kier molecular flexibility index (Phi) is 9.92. The molecule has 0 bridgehead atoms. The van der Waals surface area contributed by atoms with E-state index in [1.807, 2.05) is 19.1 Å². The maximum atomic E-state index is 5.62. The Morgan fingerprint density at radius 1 is 1.00 bits per heavy atom. The molecule has 0 spiro atoms. The Morgan fingerprint density at radius 3 is 2.43 bits per heavy atom. The Balaban J connectivity index is 2.25. The van der Waals surface area contributed by atoms with Crippen molar-refractivity contribution in [3.05, 3.63) is 29.8 Å². The van der Waals surface area contributed by atoms with Crippen molar-refractivity contribution in [1.29, 1.82) is 0 Å². The van der Waals surface area contributed by atoms with Gasteiger partial charge >= 0.3 is 0 Å². The predicted octanol–water partition coefficient (Wildman–Crippen LogP) is 4.33.